The predicted molar refractivity (Wildman–Crippen MR) is 143 cm³/mol. The van der Waals surface area contributed by atoms with Crippen LogP contribution in [0.25, 0.3) is 5.69 Å². The summed E-state index contributed by atoms with van der Waals surface area (Å²) >= 11 is 1.33. The van der Waals surface area contributed by atoms with Gasteiger partial charge in [-0.05, 0) is 87.4 Å². The maximum atomic E-state index is 12.7. The number of carbonyl (C=O) groups is 1. The Hall–Kier alpha value is -3.78. The van der Waals surface area contributed by atoms with Gasteiger partial charge in [-0.2, -0.15) is 0 Å². The summed E-state index contributed by atoms with van der Waals surface area (Å²) < 4.78 is 13.5. The summed E-state index contributed by atoms with van der Waals surface area (Å²) in [5.41, 5.74) is 5.02. The molecule has 0 bridgehead atoms. The van der Waals surface area contributed by atoms with Crippen LogP contribution in [0.15, 0.2) is 71.9 Å². The van der Waals surface area contributed by atoms with Gasteiger partial charge in [0, 0.05) is 11.4 Å². The van der Waals surface area contributed by atoms with E-state index in [2.05, 4.69) is 21.6 Å². The lowest BCUT2D eigenvalue weighted by molar-refractivity contribution is -0.113. The summed E-state index contributed by atoms with van der Waals surface area (Å²) in [5, 5.41) is 12.3. The van der Waals surface area contributed by atoms with Gasteiger partial charge in [0.2, 0.25) is 5.91 Å². The van der Waals surface area contributed by atoms with Gasteiger partial charge in [-0.1, -0.05) is 35.5 Å². The lowest BCUT2D eigenvalue weighted by Gasteiger charge is -2.12. The number of rotatable bonds is 10. The molecule has 0 spiro atoms. The molecule has 4 aromatic rings. The molecule has 0 aliphatic carbocycles. The van der Waals surface area contributed by atoms with Crippen molar-refractivity contribution in [1.82, 2.24) is 14.8 Å². The van der Waals surface area contributed by atoms with Crippen molar-refractivity contribution in [2.24, 2.45) is 0 Å². The molecule has 0 unspecified atom stereocenters. The largest absolute Gasteiger partial charge is 0.494 e. The van der Waals surface area contributed by atoms with Crippen LogP contribution in [-0.2, 0) is 11.4 Å². The number of thioether (sulfide) groups is 1. The Bertz CT molecular complexity index is 1300. The molecule has 186 valence electrons. The van der Waals surface area contributed by atoms with Gasteiger partial charge in [-0.15, -0.1) is 10.2 Å². The third kappa shape index (κ3) is 6.66. The average Bonchev–Trinajstić information content (AvgIpc) is 3.25. The van der Waals surface area contributed by atoms with Crippen molar-refractivity contribution in [1.29, 1.82) is 0 Å². The fourth-order valence-electron chi connectivity index (χ4n) is 3.76. The molecule has 0 fully saturated rings. The molecule has 1 N–H and O–H groups in total. The van der Waals surface area contributed by atoms with Gasteiger partial charge in [-0.3, -0.25) is 9.36 Å². The molecule has 4 rings (SSSR count). The number of hydrogen-bond donors (Lipinski definition) is 1. The number of nitrogens with one attached hydrogen (secondary N) is 1. The molecular formula is C28H30N4O3S. The van der Waals surface area contributed by atoms with Gasteiger partial charge >= 0.3 is 0 Å². The third-order valence-electron chi connectivity index (χ3n) is 5.33. The minimum atomic E-state index is -0.108. The fourth-order valence-corrected chi connectivity index (χ4v) is 4.53. The van der Waals surface area contributed by atoms with E-state index >= 15 is 0 Å². The molecule has 1 heterocycles. The summed E-state index contributed by atoms with van der Waals surface area (Å²) in [6, 6.07) is 21.6. The SMILES string of the molecule is CCOc1ccc(-n2c(COc3ccc(C)cc3)nnc2SCC(=O)Nc2cc(C)cc(C)c2)cc1. The maximum Gasteiger partial charge on any atom is 0.234 e. The van der Waals surface area contributed by atoms with Crippen LogP contribution in [0.2, 0.25) is 0 Å². The molecule has 0 radical (unpaired) electrons. The van der Waals surface area contributed by atoms with Gasteiger partial charge in [0.05, 0.1) is 12.4 Å². The molecule has 0 saturated carbocycles. The summed E-state index contributed by atoms with van der Waals surface area (Å²) in [7, 11) is 0. The maximum absolute atomic E-state index is 12.7. The van der Waals surface area contributed by atoms with E-state index in [1.54, 1.807) is 0 Å². The van der Waals surface area contributed by atoms with E-state index in [0.29, 0.717) is 17.6 Å². The van der Waals surface area contributed by atoms with E-state index in [1.165, 1.54) is 11.8 Å². The molecule has 1 amide bonds. The fraction of sp³-hybridized carbons (Fsp3) is 0.250. The average molecular weight is 503 g/mol. The number of amides is 1. The zero-order chi connectivity index (χ0) is 25.5. The van der Waals surface area contributed by atoms with Crippen molar-refractivity contribution in [2.75, 3.05) is 17.7 Å². The normalized spacial score (nSPS) is 10.8. The highest BCUT2D eigenvalue weighted by Gasteiger charge is 2.17. The second-order valence-corrected chi connectivity index (χ2v) is 9.42. The topological polar surface area (TPSA) is 78.3 Å². The van der Waals surface area contributed by atoms with E-state index in [9.17, 15) is 4.79 Å². The highest BCUT2D eigenvalue weighted by molar-refractivity contribution is 7.99. The molecule has 7 nitrogen and oxygen atoms in total. The molecule has 3 aromatic carbocycles. The highest BCUT2D eigenvalue weighted by atomic mass is 32.2. The lowest BCUT2D eigenvalue weighted by atomic mass is 10.1. The van der Waals surface area contributed by atoms with Crippen molar-refractivity contribution in [3.8, 4) is 17.2 Å². The summed E-state index contributed by atoms with van der Waals surface area (Å²) in [6.07, 6.45) is 0. The molecule has 0 aliphatic heterocycles. The second-order valence-electron chi connectivity index (χ2n) is 8.48. The zero-order valence-electron chi connectivity index (χ0n) is 20.9. The second kappa shape index (κ2) is 11.8. The van der Waals surface area contributed by atoms with Crippen LogP contribution in [0, 0.1) is 20.8 Å². The van der Waals surface area contributed by atoms with Crippen LogP contribution in [0.4, 0.5) is 5.69 Å². The van der Waals surface area contributed by atoms with E-state index in [0.717, 1.165) is 39.6 Å². The first-order valence-electron chi connectivity index (χ1n) is 11.8. The molecule has 8 heteroatoms. The van der Waals surface area contributed by atoms with E-state index in [1.807, 2.05) is 92.9 Å². The lowest BCUT2D eigenvalue weighted by Crippen LogP contribution is -2.15. The number of hydrogen-bond acceptors (Lipinski definition) is 6. The van der Waals surface area contributed by atoms with E-state index in [4.69, 9.17) is 9.47 Å². The first-order valence-corrected chi connectivity index (χ1v) is 12.8. The monoisotopic (exact) mass is 502 g/mol. The van der Waals surface area contributed by atoms with Crippen molar-refractivity contribution < 1.29 is 14.3 Å². The van der Waals surface area contributed by atoms with Gasteiger partial charge in [0.25, 0.3) is 0 Å². The molecule has 36 heavy (non-hydrogen) atoms. The Morgan fingerprint density at radius 1 is 0.861 bits per heavy atom. The van der Waals surface area contributed by atoms with Gasteiger partial charge in [-0.25, -0.2) is 0 Å². The predicted octanol–water partition coefficient (Wildman–Crippen LogP) is 5.90. The van der Waals surface area contributed by atoms with E-state index < -0.39 is 0 Å². The quantitative estimate of drug-likeness (QED) is 0.272. The van der Waals surface area contributed by atoms with Gasteiger partial charge in [0.1, 0.15) is 18.1 Å². The highest BCUT2D eigenvalue weighted by Crippen LogP contribution is 2.25. The van der Waals surface area contributed by atoms with Crippen LogP contribution >= 0.6 is 11.8 Å². The number of ether oxygens (including phenoxy) is 2. The van der Waals surface area contributed by atoms with Crippen molar-refractivity contribution >= 4 is 23.4 Å². The molecule has 0 aliphatic rings. The number of anilines is 1. The molecular weight excluding hydrogens is 472 g/mol. The van der Waals surface area contributed by atoms with Gasteiger partial charge < -0.3 is 14.8 Å². The van der Waals surface area contributed by atoms with Crippen LogP contribution in [-0.4, -0.2) is 33.0 Å². The van der Waals surface area contributed by atoms with Crippen LogP contribution in [0.1, 0.15) is 29.4 Å². The smallest absolute Gasteiger partial charge is 0.234 e. The van der Waals surface area contributed by atoms with Crippen molar-refractivity contribution in [3.05, 3.63) is 89.2 Å². The first kappa shape index (κ1) is 25.3. The Morgan fingerprint density at radius 2 is 1.50 bits per heavy atom. The summed E-state index contributed by atoms with van der Waals surface area (Å²) in [6.45, 7) is 8.84. The molecule has 0 atom stereocenters. The Balaban J connectivity index is 1.52. The first-order chi connectivity index (χ1) is 17.4. The summed E-state index contributed by atoms with van der Waals surface area (Å²) in [4.78, 5) is 12.7. The number of benzene rings is 3. The third-order valence-corrected chi connectivity index (χ3v) is 6.26. The molecule has 1 aromatic heterocycles. The standard InChI is InChI=1S/C28H30N4O3S/c1-5-34-24-12-8-23(9-13-24)32-26(17-35-25-10-6-19(2)7-11-25)30-31-28(32)36-18-27(33)29-22-15-20(3)14-21(4)16-22/h6-16H,5,17-18H2,1-4H3,(H,29,33). The minimum absolute atomic E-state index is 0.108. The number of aromatic nitrogens is 3. The van der Waals surface area contributed by atoms with Crippen LogP contribution in [0.5, 0.6) is 11.5 Å². The Morgan fingerprint density at radius 3 is 2.17 bits per heavy atom. The number of nitrogens with zero attached hydrogens (tertiary/aromatic N) is 3. The van der Waals surface area contributed by atoms with Crippen molar-refractivity contribution in [2.45, 2.75) is 39.5 Å². The number of carbonyl (C=O) groups excluding carboxylic acids is 1. The molecule has 0 saturated heterocycles. The zero-order valence-corrected chi connectivity index (χ0v) is 21.8. The van der Waals surface area contributed by atoms with Crippen LogP contribution in [0.3, 0.4) is 0 Å². The Kier molecular flexibility index (Phi) is 8.28. The van der Waals surface area contributed by atoms with E-state index in [-0.39, 0.29) is 18.3 Å². The number of aryl methyl sites for hydroxylation is 3. The Labute approximate surface area is 215 Å². The minimum Gasteiger partial charge on any atom is -0.494 e. The van der Waals surface area contributed by atoms with Crippen LogP contribution < -0.4 is 14.8 Å². The van der Waals surface area contributed by atoms with Gasteiger partial charge in [0.15, 0.2) is 11.0 Å². The summed E-state index contributed by atoms with van der Waals surface area (Å²) in [5.74, 6) is 2.26. The van der Waals surface area contributed by atoms with Crippen molar-refractivity contribution in [3.63, 3.8) is 0 Å².